The van der Waals surface area contributed by atoms with E-state index >= 15 is 0 Å². The maximum Gasteiger partial charge on any atom is 0.124 e. The van der Waals surface area contributed by atoms with Gasteiger partial charge in [-0.3, -0.25) is 0 Å². The van der Waals surface area contributed by atoms with E-state index in [1.54, 1.807) is 11.3 Å². The van der Waals surface area contributed by atoms with Crippen LogP contribution in [-0.2, 0) is 5.41 Å². The Kier molecular flexibility index (Phi) is 6.84. The molecule has 0 bridgehead atoms. The lowest BCUT2D eigenvalue weighted by molar-refractivity contribution is 0.490. The van der Waals surface area contributed by atoms with Crippen LogP contribution in [0.1, 0.15) is 37.8 Å². The molecule has 0 fully saturated rings. The molecule has 0 N–H and O–H groups in total. The molecule has 2 nitrogen and oxygen atoms in total. The molecule has 0 amide bonds. The number of para-hydroxylation sites is 3. The molecule has 3 heteroatoms. The fraction of sp³-hybridized carbons (Fsp3) is 0.119. The maximum atomic E-state index is 4.87. The Labute approximate surface area is 269 Å². The van der Waals surface area contributed by atoms with Crippen LogP contribution in [0.2, 0.25) is 0 Å². The molecule has 6 aromatic carbocycles. The SMILES string of the molecule is CCC1(CC)c2cc(-c3ccc(-c4nc5ccccc5s4)cc3)ccc2-c2ccc(N(c3ccccc3)c3ccccc3)cc21. The number of fused-ring (bicyclic) bond motifs is 4. The van der Waals surface area contributed by atoms with E-state index in [1.807, 2.05) is 0 Å². The molecule has 0 unspecified atom stereocenters. The lowest BCUT2D eigenvalue weighted by Gasteiger charge is -2.32. The number of hydrogen-bond acceptors (Lipinski definition) is 3. The van der Waals surface area contributed by atoms with Crippen molar-refractivity contribution in [1.29, 1.82) is 0 Å². The second-order valence-corrected chi connectivity index (χ2v) is 12.9. The molecule has 0 aliphatic heterocycles. The van der Waals surface area contributed by atoms with Gasteiger partial charge in [-0.2, -0.15) is 0 Å². The third-order valence-electron chi connectivity index (χ3n) is 9.60. The molecule has 0 saturated heterocycles. The molecule has 0 saturated carbocycles. The van der Waals surface area contributed by atoms with E-state index in [-0.39, 0.29) is 5.41 Å². The number of hydrogen-bond donors (Lipinski definition) is 0. The second-order valence-electron chi connectivity index (χ2n) is 11.9. The number of rotatable bonds is 7. The normalized spacial score (nSPS) is 13.0. The van der Waals surface area contributed by atoms with Gasteiger partial charge in [0.25, 0.3) is 0 Å². The van der Waals surface area contributed by atoms with Crippen molar-refractivity contribution in [2.45, 2.75) is 32.1 Å². The van der Waals surface area contributed by atoms with Gasteiger partial charge in [0.2, 0.25) is 0 Å². The molecule has 45 heavy (non-hydrogen) atoms. The van der Waals surface area contributed by atoms with Crippen molar-refractivity contribution in [3.63, 3.8) is 0 Å². The Morgan fingerprint density at radius 3 is 1.73 bits per heavy atom. The highest BCUT2D eigenvalue weighted by Gasteiger charge is 2.41. The zero-order valence-corrected chi connectivity index (χ0v) is 26.4. The van der Waals surface area contributed by atoms with Crippen LogP contribution in [0.5, 0.6) is 0 Å². The predicted molar refractivity (Wildman–Crippen MR) is 192 cm³/mol. The van der Waals surface area contributed by atoms with Gasteiger partial charge >= 0.3 is 0 Å². The number of anilines is 3. The van der Waals surface area contributed by atoms with Gasteiger partial charge in [-0.05, 0) is 101 Å². The molecule has 1 heterocycles. The van der Waals surface area contributed by atoms with Crippen LogP contribution in [0.25, 0.3) is 43.0 Å². The Morgan fingerprint density at radius 1 is 0.533 bits per heavy atom. The lowest BCUT2D eigenvalue weighted by atomic mass is 9.73. The Balaban J connectivity index is 1.19. The molecule has 1 aliphatic rings. The number of aromatic nitrogens is 1. The van der Waals surface area contributed by atoms with Crippen molar-refractivity contribution in [2.24, 2.45) is 0 Å². The van der Waals surface area contributed by atoms with Crippen LogP contribution < -0.4 is 4.90 Å². The van der Waals surface area contributed by atoms with Crippen LogP contribution in [0, 0.1) is 0 Å². The van der Waals surface area contributed by atoms with Gasteiger partial charge in [-0.15, -0.1) is 11.3 Å². The van der Waals surface area contributed by atoms with Gasteiger partial charge in [-0.25, -0.2) is 4.98 Å². The van der Waals surface area contributed by atoms with E-state index in [0.717, 1.165) is 34.7 Å². The zero-order valence-electron chi connectivity index (χ0n) is 25.6. The van der Waals surface area contributed by atoms with Crippen LogP contribution in [-0.4, -0.2) is 4.98 Å². The fourth-order valence-corrected chi connectivity index (χ4v) is 8.19. The summed E-state index contributed by atoms with van der Waals surface area (Å²) in [5.41, 5.74) is 13.8. The summed E-state index contributed by atoms with van der Waals surface area (Å²) in [6.07, 6.45) is 2.09. The van der Waals surface area contributed by atoms with Crippen LogP contribution in [0.15, 0.2) is 146 Å². The fourth-order valence-electron chi connectivity index (χ4n) is 7.22. The molecule has 0 radical (unpaired) electrons. The van der Waals surface area contributed by atoms with E-state index in [9.17, 15) is 0 Å². The first-order valence-corrected chi connectivity index (χ1v) is 16.7. The first-order valence-electron chi connectivity index (χ1n) is 15.8. The Hall–Kier alpha value is -4.99. The van der Waals surface area contributed by atoms with Crippen LogP contribution in [0.3, 0.4) is 0 Å². The molecule has 218 valence electrons. The summed E-state index contributed by atoms with van der Waals surface area (Å²) in [6, 6.07) is 52.9. The molecule has 1 aromatic heterocycles. The molecular weight excluding hydrogens is 565 g/mol. The summed E-state index contributed by atoms with van der Waals surface area (Å²) in [4.78, 5) is 7.24. The first-order chi connectivity index (χ1) is 22.2. The first kappa shape index (κ1) is 27.6. The molecule has 8 rings (SSSR count). The van der Waals surface area contributed by atoms with E-state index < -0.39 is 0 Å². The Bertz CT molecular complexity index is 2050. The largest absolute Gasteiger partial charge is 0.310 e. The average Bonchev–Trinajstić information content (AvgIpc) is 3.66. The minimum atomic E-state index is -0.0450. The molecule has 0 spiro atoms. The summed E-state index contributed by atoms with van der Waals surface area (Å²) in [7, 11) is 0. The number of nitrogens with zero attached hydrogens (tertiary/aromatic N) is 2. The summed E-state index contributed by atoms with van der Waals surface area (Å²) in [6.45, 7) is 4.70. The number of thiazole rings is 1. The van der Waals surface area contributed by atoms with E-state index in [0.29, 0.717) is 0 Å². The van der Waals surface area contributed by atoms with Gasteiger partial charge < -0.3 is 4.90 Å². The zero-order chi connectivity index (χ0) is 30.4. The molecule has 7 aromatic rings. The highest BCUT2D eigenvalue weighted by atomic mass is 32.1. The van der Waals surface area contributed by atoms with Gasteiger partial charge in [-0.1, -0.05) is 105 Å². The minimum Gasteiger partial charge on any atom is -0.310 e. The van der Waals surface area contributed by atoms with Crippen molar-refractivity contribution < 1.29 is 0 Å². The maximum absolute atomic E-state index is 4.87. The third kappa shape index (κ3) is 4.58. The molecule has 1 aliphatic carbocycles. The third-order valence-corrected chi connectivity index (χ3v) is 10.7. The summed E-state index contributed by atoms with van der Waals surface area (Å²) in [5, 5.41) is 1.07. The summed E-state index contributed by atoms with van der Waals surface area (Å²) in [5.74, 6) is 0. The quantitative estimate of drug-likeness (QED) is 0.181. The molecular formula is C42H34N2S. The monoisotopic (exact) mass is 598 g/mol. The smallest absolute Gasteiger partial charge is 0.124 e. The minimum absolute atomic E-state index is 0.0450. The second kappa shape index (κ2) is 11.2. The van der Waals surface area contributed by atoms with Gasteiger partial charge in [0.05, 0.1) is 10.2 Å². The van der Waals surface area contributed by atoms with Crippen molar-refractivity contribution in [1.82, 2.24) is 4.98 Å². The topological polar surface area (TPSA) is 16.1 Å². The molecule has 0 atom stereocenters. The lowest BCUT2D eigenvalue weighted by Crippen LogP contribution is -2.23. The average molecular weight is 599 g/mol. The van der Waals surface area contributed by atoms with Crippen LogP contribution >= 0.6 is 11.3 Å². The van der Waals surface area contributed by atoms with Crippen molar-refractivity contribution in [3.05, 3.63) is 157 Å². The predicted octanol–water partition coefficient (Wildman–Crippen LogP) is 12.2. The van der Waals surface area contributed by atoms with E-state index in [2.05, 4.69) is 164 Å². The Morgan fingerprint density at radius 2 is 1.09 bits per heavy atom. The van der Waals surface area contributed by atoms with Gasteiger partial charge in [0, 0.05) is 28.0 Å². The van der Waals surface area contributed by atoms with Crippen LogP contribution in [0.4, 0.5) is 17.1 Å². The van der Waals surface area contributed by atoms with E-state index in [1.165, 1.54) is 49.3 Å². The van der Waals surface area contributed by atoms with Crippen molar-refractivity contribution in [2.75, 3.05) is 4.90 Å². The highest BCUT2D eigenvalue weighted by molar-refractivity contribution is 7.21. The number of benzene rings is 6. The standard InChI is InChI=1S/C42H34N2S/c1-3-42(4-2)37-27-31(29-19-21-30(22-20-29)41-43-39-17-11-12-18-40(39)45-41)23-25-35(37)36-26-24-34(28-38(36)42)44(32-13-7-5-8-14-32)33-15-9-6-10-16-33/h5-28H,3-4H2,1-2H3. The van der Waals surface area contributed by atoms with Gasteiger partial charge in [0.15, 0.2) is 0 Å². The van der Waals surface area contributed by atoms with Crippen molar-refractivity contribution >= 4 is 38.6 Å². The summed E-state index contributed by atoms with van der Waals surface area (Å²) < 4.78 is 1.23. The van der Waals surface area contributed by atoms with Crippen molar-refractivity contribution in [3.8, 4) is 32.8 Å². The highest BCUT2D eigenvalue weighted by Crippen LogP contribution is 2.55. The van der Waals surface area contributed by atoms with Gasteiger partial charge in [0.1, 0.15) is 5.01 Å². The summed E-state index contributed by atoms with van der Waals surface area (Å²) >= 11 is 1.75. The van der Waals surface area contributed by atoms with E-state index in [4.69, 9.17) is 4.98 Å².